The average molecular weight is 179 g/mol. The van der Waals surface area contributed by atoms with Gasteiger partial charge >= 0.3 is 0 Å². The van der Waals surface area contributed by atoms with Crippen LogP contribution in [0.3, 0.4) is 0 Å². The van der Waals surface area contributed by atoms with E-state index in [9.17, 15) is 5.11 Å². The van der Waals surface area contributed by atoms with E-state index in [0.29, 0.717) is 5.88 Å². The summed E-state index contributed by atoms with van der Waals surface area (Å²) in [6, 6.07) is 1.83. The zero-order valence-corrected chi connectivity index (χ0v) is 7.82. The van der Waals surface area contributed by atoms with Crippen molar-refractivity contribution in [3.8, 4) is 5.88 Å². The second-order valence-corrected chi connectivity index (χ2v) is 2.78. The van der Waals surface area contributed by atoms with Crippen LogP contribution in [0.15, 0.2) is 24.9 Å². The van der Waals surface area contributed by atoms with Crippen LogP contribution in [0, 0.1) is 6.92 Å². The van der Waals surface area contributed by atoms with E-state index in [4.69, 9.17) is 4.74 Å². The van der Waals surface area contributed by atoms with E-state index in [-0.39, 0.29) is 0 Å². The molecule has 1 N–H and O–H groups in total. The van der Waals surface area contributed by atoms with Gasteiger partial charge in [0.1, 0.15) is 0 Å². The van der Waals surface area contributed by atoms with Crippen LogP contribution in [0.2, 0.25) is 0 Å². The number of aromatic nitrogens is 1. The minimum Gasteiger partial charge on any atom is -0.481 e. The lowest BCUT2D eigenvalue weighted by atomic mass is 10.1. The van der Waals surface area contributed by atoms with Gasteiger partial charge in [-0.1, -0.05) is 6.08 Å². The van der Waals surface area contributed by atoms with Gasteiger partial charge in [-0.2, -0.15) is 0 Å². The number of hydrogen-bond donors (Lipinski definition) is 1. The second kappa shape index (κ2) is 4.05. The first kappa shape index (κ1) is 9.74. The number of aryl methyl sites for hydroxylation is 1. The third-order valence-corrected chi connectivity index (χ3v) is 1.81. The Morgan fingerprint density at radius 3 is 2.85 bits per heavy atom. The SMILES string of the molecule is C=CC(O)c1cnc(OC)c(C)c1. The monoisotopic (exact) mass is 179 g/mol. The van der Waals surface area contributed by atoms with Crippen molar-refractivity contribution >= 4 is 0 Å². The maximum absolute atomic E-state index is 9.42. The van der Waals surface area contributed by atoms with Gasteiger partial charge in [-0.15, -0.1) is 6.58 Å². The molecule has 0 aliphatic heterocycles. The first-order valence-corrected chi connectivity index (χ1v) is 4.00. The van der Waals surface area contributed by atoms with Gasteiger partial charge in [0.2, 0.25) is 5.88 Å². The molecule has 1 atom stereocenters. The van der Waals surface area contributed by atoms with Crippen LogP contribution < -0.4 is 4.74 Å². The second-order valence-electron chi connectivity index (χ2n) is 2.78. The molecule has 1 aromatic heterocycles. The van der Waals surface area contributed by atoms with Gasteiger partial charge in [0.25, 0.3) is 0 Å². The fraction of sp³-hybridized carbons (Fsp3) is 0.300. The summed E-state index contributed by atoms with van der Waals surface area (Å²) < 4.78 is 4.99. The number of nitrogens with zero attached hydrogens (tertiary/aromatic N) is 1. The zero-order chi connectivity index (χ0) is 9.84. The van der Waals surface area contributed by atoms with Gasteiger partial charge in [-0.25, -0.2) is 4.98 Å². The Balaban J connectivity index is 3.02. The van der Waals surface area contributed by atoms with Crippen molar-refractivity contribution in [2.75, 3.05) is 7.11 Å². The average Bonchev–Trinajstić information content (AvgIpc) is 2.16. The summed E-state index contributed by atoms with van der Waals surface area (Å²) in [5.74, 6) is 0.583. The van der Waals surface area contributed by atoms with Crippen molar-refractivity contribution in [1.29, 1.82) is 0 Å². The Kier molecular flexibility index (Phi) is 3.03. The Hall–Kier alpha value is -1.35. The molecular formula is C10H13NO2. The van der Waals surface area contributed by atoms with Crippen LogP contribution in [0.25, 0.3) is 0 Å². The minimum atomic E-state index is -0.655. The molecule has 0 spiro atoms. The van der Waals surface area contributed by atoms with Crippen LogP contribution in [-0.4, -0.2) is 17.2 Å². The number of aliphatic hydroxyl groups is 1. The molecule has 0 saturated heterocycles. The highest BCUT2D eigenvalue weighted by molar-refractivity contribution is 5.30. The molecule has 3 nitrogen and oxygen atoms in total. The van der Waals surface area contributed by atoms with Gasteiger partial charge < -0.3 is 9.84 Å². The molecule has 0 fully saturated rings. The highest BCUT2D eigenvalue weighted by atomic mass is 16.5. The minimum absolute atomic E-state index is 0.583. The highest BCUT2D eigenvalue weighted by Gasteiger charge is 2.06. The highest BCUT2D eigenvalue weighted by Crippen LogP contribution is 2.19. The third kappa shape index (κ3) is 2.06. The molecule has 0 aromatic carbocycles. The molecular weight excluding hydrogens is 166 g/mol. The van der Waals surface area contributed by atoms with Crippen LogP contribution >= 0.6 is 0 Å². The number of pyridine rings is 1. The fourth-order valence-electron chi connectivity index (χ4n) is 1.10. The van der Waals surface area contributed by atoms with Crippen LogP contribution in [0.5, 0.6) is 5.88 Å². The number of ether oxygens (including phenoxy) is 1. The van der Waals surface area contributed by atoms with Crippen molar-refractivity contribution in [1.82, 2.24) is 4.98 Å². The topological polar surface area (TPSA) is 42.4 Å². The molecule has 0 bridgehead atoms. The van der Waals surface area contributed by atoms with Crippen molar-refractivity contribution in [3.05, 3.63) is 36.0 Å². The smallest absolute Gasteiger partial charge is 0.215 e. The van der Waals surface area contributed by atoms with E-state index in [1.807, 2.05) is 13.0 Å². The van der Waals surface area contributed by atoms with Crippen LogP contribution in [0.4, 0.5) is 0 Å². The quantitative estimate of drug-likeness (QED) is 0.717. The van der Waals surface area contributed by atoms with Gasteiger partial charge in [-0.05, 0) is 13.0 Å². The Morgan fingerprint density at radius 1 is 1.69 bits per heavy atom. The van der Waals surface area contributed by atoms with Crippen molar-refractivity contribution in [2.24, 2.45) is 0 Å². The Morgan fingerprint density at radius 2 is 2.38 bits per heavy atom. The summed E-state index contributed by atoms with van der Waals surface area (Å²) in [7, 11) is 1.57. The number of hydrogen-bond acceptors (Lipinski definition) is 3. The lowest BCUT2D eigenvalue weighted by molar-refractivity contribution is 0.228. The van der Waals surface area contributed by atoms with Gasteiger partial charge in [0.05, 0.1) is 13.2 Å². The van der Waals surface area contributed by atoms with Gasteiger partial charge in [0, 0.05) is 17.3 Å². The molecule has 0 aliphatic rings. The standard InChI is InChI=1S/C10H13NO2/c1-4-9(12)8-5-7(2)10(13-3)11-6-8/h4-6,9,12H,1H2,2-3H3. The van der Waals surface area contributed by atoms with Crippen LogP contribution in [-0.2, 0) is 0 Å². The summed E-state index contributed by atoms with van der Waals surface area (Å²) in [6.07, 6.45) is 2.39. The van der Waals surface area contributed by atoms with E-state index in [1.165, 1.54) is 6.08 Å². The summed E-state index contributed by atoms with van der Waals surface area (Å²) in [5, 5.41) is 9.42. The van der Waals surface area contributed by atoms with Crippen molar-refractivity contribution < 1.29 is 9.84 Å². The maximum Gasteiger partial charge on any atom is 0.215 e. The lowest BCUT2D eigenvalue weighted by Gasteiger charge is -2.08. The van der Waals surface area contributed by atoms with Gasteiger partial charge in [0.15, 0.2) is 0 Å². The van der Waals surface area contributed by atoms with Crippen molar-refractivity contribution in [3.63, 3.8) is 0 Å². The van der Waals surface area contributed by atoms with Crippen molar-refractivity contribution in [2.45, 2.75) is 13.0 Å². The van der Waals surface area contributed by atoms with E-state index in [2.05, 4.69) is 11.6 Å². The maximum atomic E-state index is 9.42. The molecule has 0 amide bonds. The van der Waals surface area contributed by atoms with E-state index in [0.717, 1.165) is 11.1 Å². The zero-order valence-electron chi connectivity index (χ0n) is 7.82. The molecule has 1 rings (SSSR count). The third-order valence-electron chi connectivity index (χ3n) is 1.81. The molecule has 70 valence electrons. The van der Waals surface area contributed by atoms with E-state index < -0.39 is 6.10 Å². The predicted octanol–water partition coefficient (Wildman–Crippen LogP) is 1.62. The first-order chi connectivity index (χ1) is 6.19. The molecule has 0 saturated carbocycles. The normalized spacial score (nSPS) is 12.2. The summed E-state index contributed by atoms with van der Waals surface area (Å²) in [4.78, 5) is 4.04. The van der Waals surface area contributed by atoms with E-state index >= 15 is 0 Å². The summed E-state index contributed by atoms with van der Waals surface area (Å²) >= 11 is 0. The predicted molar refractivity (Wildman–Crippen MR) is 50.7 cm³/mol. The Bertz CT molecular complexity index is 310. The van der Waals surface area contributed by atoms with Gasteiger partial charge in [-0.3, -0.25) is 0 Å². The molecule has 13 heavy (non-hydrogen) atoms. The molecule has 1 heterocycles. The number of methoxy groups -OCH3 is 1. The lowest BCUT2D eigenvalue weighted by Crippen LogP contribution is -1.97. The largest absolute Gasteiger partial charge is 0.481 e. The molecule has 0 aliphatic carbocycles. The molecule has 3 heteroatoms. The fourth-order valence-corrected chi connectivity index (χ4v) is 1.10. The summed E-state index contributed by atoms with van der Waals surface area (Å²) in [5.41, 5.74) is 1.63. The summed E-state index contributed by atoms with van der Waals surface area (Å²) in [6.45, 7) is 5.38. The molecule has 1 aromatic rings. The Labute approximate surface area is 77.7 Å². The van der Waals surface area contributed by atoms with Crippen LogP contribution in [0.1, 0.15) is 17.2 Å². The number of aliphatic hydroxyl groups excluding tert-OH is 1. The van der Waals surface area contributed by atoms with E-state index in [1.54, 1.807) is 13.3 Å². The first-order valence-electron chi connectivity index (χ1n) is 4.00. The number of rotatable bonds is 3. The molecule has 1 unspecified atom stereocenters. The molecule has 0 radical (unpaired) electrons.